The molecule has 1 aliphatic rings. The van der Waals surface area contributed by atoms with Crippen LogP contribution in [-0.2, 0) is 22.4 Å². The van der Waals surface area contributed by atoms with E-state index in [0.29, 0.717) is 15.8 Å². The molecule has 0 amide bonds. The van der Waals surface area contributed by atoms with Gasteiger partial charge in [0.25, 0.3) is 0 Å². The van der Waals surface area contributed by atoms with Crippen LogP contribution in [0.4, 0.5) is 13.2 Å². The highest BCUT2D eigenvalue weighted by molar-refractivity contribution is 9.12. The summed E-state index contributed by atoms with van der Waals surface area (Å²) in [5, 5.41) is 3.81. The molecule has 7 heteroatoms. The second-order valence-electron chi connectivity index (χ2n) is 4.17. The maximum absolute atomic E-state index is 12.4. The number of nitrogens with zero attached hydrogens (tertiary/aromatic N) is 1. The Morgan fingerprint density at radius 2 is 1.81 bits per heavy atom. The van der Waals surface area contributed by atoms with Crippen LogP contribution in [0.15, 0.2) is 52.1 Å². The third-order valence-electron chi connectivity index (χ3n) is 2.59. The van der Waals surface area contributed by atoms with Gasteiger partial charge in [0.2, 0.25) is 0 Å². The predicted octanol–water partition coefficient (Wildman–Crippen LogP) is 4.00. The minimum absolute atomic E-state index is 0.0315. The monoisotopic (exact) mass is 359 g/mol. The van der Waals surface area contributed by atoms with Crippen molar-refractivity contribution in [3.8, 4) is 0 Å². The Kier molecular flexibility index (Phi) is 4.62. The van der Waals surface area contributed by atoms with Crippen LogP contribution < -0.4 is 0 Å². The molecule has 0 aliphatic heterocycles. The SMILES string of the molecule is O=C1C=CC(=NOCc2ccc(C(F)(F)F)cc2)C(Br)=C1. The Balaban J connectivity index is 1.97. The molecule has 110 valence electrons. The fraction of sp³-hybridized carbons (Fsp3) is 0.143. The number of rotatable bonds is 3. The van der Waals surface area contributed by atoms with Crippen LogP contribution in [0.25, 0.3) is 0 Å². The van der Waals surface area contributed by atoms with E-state index in [2.05, 4.69) is 21.1 Å². The Morgan fingerprint density at radius 3 is 2.38 bits per heavy atom. The van der Waals surface area contributed by atoms with Crippen molar-refractivity contribution >= 4 is 27.4 Å². The first kappa shape index (κ1) is 15.5. The summed E-state index contributed by atoms with van der Waals surface area (Å²) in [6, 6.07) is 4.63. The van der Waals surface area contributed by atoms with Crippen LogP contribution in [-0.4, -0.2) is 11.5 Å². The first-order valence-corrected chi connectivity index (χ1v) is 6.61. The zero-order valence-electron chi connectivity index (χ0n) is 10.5. The molecule has 1 aromatic rings. The highest BCUT2D eigenvalue weighted by Crippen LogP contribution is 2.29. The second-order valence-corrected chi connectivity index (χ2v) is 5.03. The van der Waals surface area contributed by atoms with E-state index >= 15 is 0 Å². The summed E-state index contributed by atoms with van der Waals surface area (Å²) in [6.45, 7) is 0.0315. The molecule has 0 atom stereocenters. The molecule has 0 unspecified atom stereocenters. The topological polar surface area (TPSA) is 38.7 Å². The number of alkyl halides is 3. The molecule has 0 saturated carbocycles. The summed E-state index contributed by atoms with van der Waals surface area (Å²) in [5.74, 6) is -0.163. The summed E-state index contributed by atoms with van der Waals surface area (Å²) in [6.07, 6.45) is -0.181. The minimum atomic E-state index is -4.35. The maximum atomic E-state index is 12.4. The second kappa shape index (κ2) is 6.26. The number of carbonyl (C=O) groups excluding carboxylic acids is 1. The van der Waals surface area contributed by atoms with Crippen molar-refractivity contribution in [1.29, 1.82) is 0 Å². The van der Waals surface area contributed by atoms with Crippen molar-refractivity contribution < 1.29 is 22.8 Å². The lowest BCUT2D eigenvalue weighted by Crippen LogP contribution is -2.05. The smallest absolute Gasteiger partial charge is 0.390 e. The standard InChI is InChI=1S/C14H9BrF3NO2/c15-12-7-11(20)5-6-13(12)19-21-8-9-1-3-10(4-2-9)14(16,17)18/h1-7H,8H2. The summed E-state index contributed by atoms with van der Waals surface area (Å²) < 4.78 is 37.7. The average Bonchev–Trinajstić information content (AvgIpc) is 2.41. The maximum Gasteiger partial charge on any atom is 0.416 e. The van der Waals surface area contributed by atoms with Crippen LogP contribution in [0.5, 0.6) is 0 Å². The van der Waals surface area contributed by atoms with Crippen molar-refractivity contribution in [2.75, 3.05) is 0 Å². The average molecular weight is 360 g/mol. The molecule has 1 aliphatic carbocycles. The van der Waals surface area contributed by atoms with Crippen LogP contribution in [0, 0.1) is 0 Å². The first-order chi connectivity index (χ1) is 9.86. The first-order valence-electron chi connectivity index (χ1n) is 5.82. The third-order valence-corrected chi connectivity index (χ3v) is 3.23. The molecule has 0 saturated heterocycles. The Labute approximate surface area is 126 Å². The van der Waals surface area contributed by atoms with Crippen molar-refractivity contribution in [3.05, 3.63) is 58.1 Å². The molecule has 0 radical (unpaired) electrons. The normalized spacial score (nSPS) is 17.0. The number of allylic oxidation sites excluding steroid dienone is 4. The molecule has 0 bridgehead atoms. The number of oxime groups is 1. The number of hydrogen-bond donors (Lipinski definition) is 0. The van der Waals surface area contributed by atoms with Crippen LogP contribution >= 0.6 is 15.9 Å². The van der Waals surface area contributed by atoms with Crippen molar-refractivity contribution in [3.63, 3.8) is 0 Å². The van der Waals surface area contributed by atoms with Crippen LogP contribution in [0.1, 0.15) is 11.1 Å². The van der Waals surface area contributed by atoms with E-state index in [1.165, 1.54) is 30.4 Å². The highest BCUT2D eigenvalue weighted by atomic mass is 79.9. The summed E-state index contributed by atoms with van der Waals surface area (Å²) in [7, 11) is 0. The van der Waals surface area contributed by atoms with Gasteiger partial charge >= 0.3 is 6.18 Å². The number of benzene rings is 1. The molecule has 21 heavy (non-hydrogen) atoms. The predicted molar refractivity (Wildman–Crippen MR) is 74.8 cm³/mol. The van der Waals surface area contributed by atoms with Gasteiger partial charge in [0.15, 0.2) is 5.78 Å². The number of hydrogen-bond acceptors (Lipinski definition) is 3. The lowest BCUT2D eigenvalue weighted by Gasteiger charge is -2.08. The minimum Gasteiger partial charge on any atom is -0.390 e. The summed E-state index contributed by atoms with van der Waals surface area (Å²) in [5.41, 5.74) is 0.279. The number of carbonyl (C=O) groups is 1. The number of halogens is 4. The molecule has 0 heterocycles. The zero-order valence-corrected chi connectivity index (χ0v) is 12.1. The van der Waals surface area contributed by atoms with Gasteiger partial charge in [0.05, 0.1) is 10.0 Å². The van der Waals surface area contributed by atoms with E-state index in [1.807, 2.05) is 0 Å². The van der Waals surface area contributed by atoms with Gasteiger partial charge in [0.1, 0.15) is 12.3 Å². The van der Waals surface area contributed by atoms with Gasteiger partial charge in [-0.15, -0.1) is 0 Å². The van der Waals surface area contributed by atoms with Gasteiger partial charge in [-0.25, -0.2) is 0 Å². The molecule has 3 nitrogen and oxygen atoms in total. The lowest BCUT2D eigenvalue weighted by molar-refractivity contribution is -0.137. The van der Waals surface area contributed by atoms with Gasteiger partial charge < -0.3 is 4.84 Å². The number of ketones is 1. The third kappa shape index (κ3) is 4.29. The summed E-state index contributed by atoms with van der Waals surface area (Å²) >= 11 is 3.17. The Hall–Kier alpha value is -1.89. The Bertz CT molecular complexity index is 631. The molecular weight excluding hydrogens is 351 g/mol. The Morgan fingerprint density at radius 1 is 1.14 bits per heavy atom. The fourth-order valence-electron chi connectivity index (χ4n) is 1.53. The molecule has 0 N–H and O–H groups in total. The molecule has 0 fully saturated rings. The van der Waals surface area contributed by atoms with E-state index in [-0.39, 0.29) is 12.4 Å². The highest BCUT2D eigenvalue weighted by Gasteiger charge is 2.29. The molecule has 2 rings (SSSR count). The van der Waals surface area contributed by atoms with Gasteiger partial charge in [-0.3, -0.25) is 4.79 Å². The molecule has 0 aromatic heterocycles. The summed E-state index contributed by atoms with van der Waals surface area (Å²) in [4.78, 5) is 16.1. The van der Waals surface area contributed by atoms with Crippen molar-refractivity contribution in [1.82, 2.24) is 0 Å². The quantitative estimate of drug-likeness (QED) is 0.604. The largest absolute Gasteiger partial charge is 0.416 e. The van der Waals surface area contributed by atoms with Crippen molar-refractivity contribution in [2.45, 2.75) is 12.8 Å². The van der Waals surface area contributed by atoms with E-state index in [4.69, 9.17) is 4.84 Å². The van der Waals surface area contributed by atoms with Crippen molar-refractivity contribution in [2.24, 2.45) is 5.16 Å². The fourth-order valence-corrected chi connectivity index (χ4v) is 1.96. The van der Waals surface area contributed by atoms with Gasteiger partial charge in [-0.1, -0.05) is 17.3 Å². The van der Waals surface area contributed by atoms with E-state index in [0.717, 1.165) is 12.1 Å². The van der Waals surface area contributed by atoms with E-state index < -0.39 is 11.7 Å². The van der Waals surface area contributed by atoms with Gasteiger partial charge in [0, 0.05) is 6.08 Å². The molecular formula is C14H9BrF3NO2. The van der Waals surface area contributed by atoms with E-state index in [1.54, 1.807) is 0 Å². The zero-order chi connectivity index (χ0) is 15.5. The molecule has 0 spiro atoms. The van der Waals surface area contributed by atoms with Gasteiger partial charge in [-0.05, 0) is 45.8 Å². The van der Waals surface area contributed by atoms with E-state index in [9.17, 15) is 18.0 Å². The van der Waals surface area contributed by atoms with Crippen LogP contribution in [0.2, 0.25) is 0 Å². The lowest BCUT2D eigenvalue weighted by atomic mass is 10.1. The van der Waals surface area contributed by atoms with Crippen LogP contribution in [0.3, 0.4) is 0 Å². The van der Waals surface area contributed by atoms with Gasteiger partial charge in [-0.2, -0.15) is 13.2 Å². The molecule has 1 aromatic carbocycles.